The summed E-state index contributed by atoms with van der Waals surface area (Å²) >= 11 is 0. The summed E-state index contributed by atoms with van der Waals surface area (Å²) in [6.45, 7) is 13.4. The monoisotopic (exact) mass is 294 g/mol. The average molecular weight is 294 g/mol. The topological polar surface area (TPSA) is 38.7 Å². The predicted molar refractivity (Wildman–Crippen MR) is 86.9 cm³/mol. The number of aromatic hydroxyl groups is 1. The van der Waals surface area contributed by atoms with Crippen molar-refractivity contribution in [2.45, 2.75) is 66.6 Å². The second-order valence-electron chi connectivity index (χ2n) is 6.47. The lowest BCUT2D eigenvalue weighted by Crippen LogP contribution is -2.20. The molecule has 3 heteroatoms. The van der Waals surface area contributed by atoms with Crippen molar-refractivity contribution in [1.29, 1.82) is 0 Å². The van der Waals surface area contributed by atoms with Gasteiger partial charge < -0.3 is 14.6 Å². The van der Waals surface area contributed by atoms with Crippen LogP contribution in [0.3, 0.4) is 0 Å². The highest BCUT2D eigenvalue weighted by Crippen LogP contribution is 2.40. The molecular weight excluding hydrogens is 264 g/mol. The number of phenols is 1. The van der Waals surface area contributed by atoms with Crippen molar-refractivity contribution >= 4 is 0 Å². The van der Waals surface area contributed by atoms with Crippen LogP contribution in [0.5, 0.6) is 11.5 Å². The minimum absolute atomic E-state index is 0.167. The summed E-state index contributed by atoms with van der Waals surface area (Å²) in [6, 6.07) is 5.72. The molecule has 1 aromatic carbocycles. The fraction of sp³-hybridized carbons (Fsp3) is 0.667. The van der Waals surface area contributed by atoms with Crippen LogP contribution in [0.2, 0.25) is 0 Å². The van der Waals surface area contributed by atoms with Gasteiger partial charge >= 0.3 is 0 Å². The molecule has 0 aliphatic heterocycles. The van der Waals surface area contributed by atoms with Crippen LogP contribution in [0.1, 0.15) is 65.9 Å². The van der Waals surface area contributed by atoms with Crippen molar-refractivity contribution in [2.24, 2.45) is 5.41 Å². The van der Waals surface area contributed by atoms with E-state index in [1.807, 2.05) is 32.0 Å². The van der Waals surface area contributed by atoms with Crippen molar-refractivity contribution in [3.8, 4) is 11.5 Å². The van der Waals surface area contributed by atoms with Crippen LogP contribution in [0, 0.1) is 5.41 Å². The third-order valence-electron chi connectivity index (χ3n) is 3.78. The van der Waals surface area contributed by atoms with Crippen molar-refractivity contribution in [2.75, 3.05) is 6.61 Å². The molecule has 0 fully saturated rings. The molecule has 0 saturated carbocycles. The normalized spacial score (nSPS) is 14.8. The van der Waals surface area contributed by atoms with Crippen LogP contribution in [-0.4, -0.2) is 18.0 Å². The van der Waals surface area contributed by atoms with Gasteiger partial charge in [0.2, 0.25) is 0 Å². The first-order valence-corrected chi connectivity index (χ1v) is 7.94. The van der Waals surface area contributed by atoms with Crippen molar-refractivity contribution < 1.29 is 14.6 Å². The number of hydrogen-bond acceptors (Lipinski definition) is 3. The maximum Gasteiger partial charge on any atom is 0.199 e. The molecule has 1 rings (SSSR count). The van der Waals surface area contributed by atoms with Gasteiger partial charge in [0.25, 0.3) is 0 Å². The summed E-state index contributed by atoms with van der Waals surface area (Å²) in [5, 5.41) is 10.2. The van der Waals surface area contributed by atoms with E-state index < -0.39 is 0 Å². The summed E-state index contributed by atoms with van der Waals surface area (Å²) in [6.07, 6.45) is 1.48. The van der Waals surface area contributed by atoms with Crippen molar-refractivity contribution in [3.63, 3.8) is 0 Å². The molecule has 3 nitrogen and oxygen atoms in total. The van der Waals surface area contributed by atoms with E-state index in [0.29, 0.717) is 18.3 Å². The summed E-state index contributed by atoms with van der Waals surface area (Å²) < 4.78 is 11.2. The summed E-state index contributed by atoms with van der Waals surface area (Å²) in [4.78, 5) is 0. The van der Waals surface area contributed by atoms with Crippen molar-refractivity contribution in [3.05, 3.63) is 23.8 Å². The standard InChI is InChI=1S/C18H30O3/c1-7-14(18(4,5)6)13-10-11-16(15(19)12-13)21-17(8-2)20-9-3/h10-12,14,17,19H,7-9H2,1-6H3. The molecule has 2 atom stereocenters. The van der Waals surface area contributed by atoms with E-state index in [2.05, 4.69) is 27.7 Å². The number of rotatable bonds is 7. The van der Waals surface area contributed by atoms with Crippen LogP contribution >= 0.6 is 0 Å². The maximum absolute atomic E-state index is 10.2. The van der Waals surface area contributed by atoms with Gasteiger partial charge in [-0.25, -0.2) is 0 Å². The number of ether oxygens (including phenoxy) is 2. The van der Waals surface area contributed by atoms with Gasteiger partial charge in [-0.3, -0.25) is 0 Å². The van der Waals surface area contributed by atoms with E-state index in [4.69, 9.17) is 9.47 Å². The van der Waals surface area contributed by atoms with Gasteiger partial charge in [0, 0.05) is 13.0 Å². The van der Waals surface area contributed by atoms with E-state index in [0.717, 1.165) is 18.4 Å². The zero-order valence-corrected chi connectivity index (χ0v) is 14.3. The van der Waals surface area contributed by atoms with Crippen LogP contribution < -0.4 is 4.74 Å². The van der Waals surface area contributed by atoms with Crippen LogP contribution in [0.15, 0.2) is 18.2 Å². The molecule has 0 aromatic heterocycles. The highest BCUT2D eigenvalue weighted by Gasteiger charge is 2.25. The van der Waals surface area contributed by atoms with Crippen molar-refractivity contribution in [1.82, 2.24) is 0 Å². The minimum atomic E-state index is -0.309. The Bertz CT molecular complexity index is 435. The molecule has 0 heterocycles. The van der Waals surface area contributed by atoms with Crippen LogP contribution in [-0.2, 0) is 4.74 Å². The summed E-state index contributed by atoms with van der Waals surface area (Å²) in [7, 11) is 0. The Hall–Kier alpha value is -1.22. The SMILES string of the molecule is CCOC(CC)Oc1ccc(C(CC)C(C)(C)C)cc1O. The molecule has 0 bridgehead atoms. The highest BCUT2D eigenvalue weighted by molar-refractivity contribution is 5.43. The lowest BCUT2D eigenvalue weighted by atomic mass is 9.75. The van der Waals surface area contributed by atoms with E-state index in [9.17, 15) is 5.11 Å². The molecule has 2 unspecified atom stereocenters. The van der Waals surface area contributed by atoms with Gasteiger partial charge in [0.15, 0.2) is 17.8 Å². The fourth-order valence-electron chi connectivity index (χ4n) is 2.76. The first-order valence-electron chi connectivity index (χ1n) is 7.94. The predicted octanol–water partition coefficient (Wildman–Crippen LogP) is 5.08. The third-order valence-corrected chi connectivity index (χ3v) is 3.78. The quantitative estimate of drug-likeness (QED) is 0.712. The van der Waals surface area contributed by atoms with Gasteiger partial charge in [0.05, 0.1) is 0 Å². The first-order chi connectivity index (χ1) is 9.83. The molecule has 0 aliphatic carbocycles. The Morgan fingerprint density at radius 1 is 1.10 bits per heavy atom. The molecule has 0 amide bonds. The van der Waals surface area contributed by atoms with Gasteiger partial charge in [-0.2, -0.15) is 0 Å². The second-order valence-corrected chi connectivity index (χ2v) is 6.47. The fourth-order valence-corrected chi connectivity index (χ4v) is 2.76. The zero-order chi connectivity index (χ0) is 16.0. The smallest absolute Gasteiger partial charge is 0.199 e. The van der Waals surface area contributed by atoms with Gasteiger partial charge in [-0.05, 0) is 42.4 Å². The number of hydrogen-bond donors (Lipinski definition) is 1. The Morgan fingerprint density at radius 2 is 1.76 bits per heavy atom. The molecule has 0 aliphatic rings. The molecular formula is C18H30O3. The van der Waals surface area contributed by atoms with Gasteiger partial charge in [-0.15, -0.1) is 0 Å². The molecule has 1 N–H and O–H groups in total. The maximum atomic E-state index is 10.2. The Kier molecular flexibility index (Phi) is 6.53. The average Bonchev–Trinajstić information content (AvgIpc) is 2.40. The molecule has 0 spiro atoms. The summed E-state index contributed by atoms with van der Waals surface area (Å²) in [5.74, 6) is 1.09. The summed E-state index contributed by atoms with van der Waals surface area (Å²) in [5.41, 5.74) is 1.32. The molecule has 0 saturated heterocycles. The highest BCUT2D eigenvalue weighted by atomic mass is 16.7. The van der Waals surface area contributed by atoms with E-state index in [1.165, 1.54) is 0 Å². The Morgan fingerprint density at radius 3 is 2.19 bits per heavy atom. The Balaban J connectivity index is 2.94. The minimum Gasteiger partial charge on any atom is -0.504 e. The van der Waals surface area contributed by atoms with Crippen LogP contribution in [0.4, 0.5) is 0 Å². The lowest BCUT2D eigenvalue weighted by molar-refractivity contribution is -0.0776. The largest absolute Gasteiger partial charge is 0.504 e. The molecule has 120 valence electrons. The van der Waals surface area contributed by atoms with E-state index >= 15 is 0 Å². The lowest BCUT2D eigenvalue weighted by Gasteiger charge is -2.30. The molecule has 1 aromatic rings. The zero-order valence-electron chi connectivity index (χ0n) is 14.3. The van der Waals surface area contributed by atoms with Crippen LogP contribution in [0.25, 0.3) is 0 Å². The third kappa shape index (κ3) is 4.92. The van der Waals surface area contributed by atoms with Gasteiger partial charge in [-0.1, -0.05) is 40.7 Å². The molecule has 0 radical (unpaired) electrons. The van der Waals surface area contributed by atoms with Gasteiger partial charge in [0.1, 0.15) is 0 Å². The Labute approximate surface area is 129 Å². The van der Waals surface area contributed by atoms with E-state index in [1.54, 1.807) is 0 Å². The van der Waals surface area contributed by atoms with E-state index in [-0.39, 0.29) is 17.5 Å². The number of phenolic OH excluding ortho intramolecular Hbond substituents is 1. The first kappa shape index (κ1) is 17.8. The molecule has 21 heavy (non-hydrogen) atoms. The second kappa shape index (κ2) is 7.69. The number of benzene rings is 1.